The van der Waals surface area contributed by atoms with E-state index in [1.54, 1.807) is 0 Å². The molecule has 1 aliphatic carbocycles. The van der Waals surface area contributed by atoms with Crippen molar-refractivity contribution in [1.82, 2.24) is 4.57 Å². The number of hydrogen-bond donors (Lipinski definition) is 1. The predicted molar refractivity (Wildman–Crippen MR) is 86.2 cm³/mol. The first-order chi connectivity index (χ1) is 9.59. The van der Waals surface area contributed by atoms with Gasteiger partial charge in [-0.15, -0.1) is 0 Å². The molecular weight excluding hydrogens is 244 g/mol. The highest BCUT2D eigenvalue weighted by atomic mass is 14.9. The van der Waals surface area contributed by atoms with Crippen LogP contribution in [0.1, 0.15) is 48.9 Å². The van der Waals surface area contributed by atoms with Gasteiger partial charge in [0.05, 0.1) is 0 Å². The van der Waals surface area contributed by atoms with Crippen LogP contribution in [0.3, 0.4) is 0 Å². The Kier molecular flexibility index (Phi) is 3.37. The fraction of sp³-hybridized carbons (Fsp3) is 0.556. The van der Waals surface area contributed by atoms with Gasteiger partial charge in [-0.3, -0.25) is 0 Å². The second-order valence-corrected chi connectivity index (χ2v) is 6.59. The first-order valence-corrected chi connectivity index (χ1v) is 7.85. The Morgan fingerprint density at radius 3 is 2.50 bits per heavy atom. The second kappa shape index (κ2) is 4.92. The van der Waals surface area contributed by atoms with Crippen molar-refractivity contribution >= 4 is 10.9 Å². The number of nitrogens with two attached hydrogens (primary N) is 1. The molecule has 2 N–H and O–H groups in total. The van der Waals surface area contributed by atoms with Gasteiger partial charge in [0.1, 0.15) is 0 Å². The highest BCUT2D eigenvalue weighted by Gasteiger charge is 2.36. The number of benzene rings is 1. The van der Waals surface area contributed by atoms with Crippen LogP contribution in [-0.4, -0.2) is 11.1 Å². The van der Waals surface area contributed by atoms with E-state index in [9.17, 15) is 0 Å². The molecule has 2 nitrogen and oxygen atoms in total. The molecule has 1 saturated carbocycles. The summed E-state index contributed by atoms with van der Waals surface area (Å²) in [6.07, 6.45) is 6.50. The normalized spacial score (nSPS) is 18.6. The minimum absolute atomic E-state index is 0.204. The van der Waals surface area contributed by atoms with Gasteiger partial charge in [0.25, 0.3) is 0 Å². The van der Waals surface area contributed by atoms with E-state index in [4.69, 9.17) is 5.73 Å². The van der Waals surface area contributed by atoms with Gasteiger partial charge < -0.3 is 10.3 Å². The van der Waals surface area contributed by atoms with Crippen molar-refractivity contribution in [2.24, 2.45) is 12.8 Å². The maximum atomic E-state index is 6.27. The first kappa shape index (κ1) is 13.7. The number of aromatic nitrogens is 1. The molecule has 0 atom stereocenters. The molecule has 3 rings (SSSR count). The highest BCUT2D eigenvalue weighted by Crippen LogP contribution is 2.44. The molecule has 1 aromatic carbocycles. The number of rotatable bonds is 2. The lowest BCUT2D eigenvalue weighted by Gasteiger charge is -2.37. The quantitative estimate of drug-likeness (QED) is 0.880. The molecule has 1 heterocycles. The van der Waals surface area contributed by atoms with Gasteiger partial charge >= 0.3 is 0 Å². The molecule has 1 aliphatic rings. The molecule has 0 unspecified atom stereocenters. The average Bonchev–Trinajstić information content (AvgIpc) is 2.71. The summed E-state index contributed by atoms with van der Waals surface area (Å²) in [5.41, 5.74) is 12.1. The fourth-order valence-electron chi connectivity index (χ4n) is 4.14. The summed E-state index contributed by atoms with van der Waals surface area (Å²) < 4.78 is 2.34. The molecule has 1 aromatic heterocycles. The van der Waals surface area contributed by atoms with Gasteiger partial charge in [-0.05, 0) is 44.4 Å². The van der Waals surface area contributed by atoms with Crippen LogP contribution in [-0.2, 0) is 12.5 Å². The van der Waals surface area contributed by atoms with E-state index in [0.29, 0.717) is 0 Å². The number of fused-ring (bicyclic) bond motifs is 1. The average molecular weight is 270 g/mol. The van der Waals surface area contributed by atoms with Crippen molar-refractivity contribution in [2.75, 3.05) is 6.54 Å². The first-order valence-electron chi connectivity index (χ1n) is 7.85. The summed E-state index contributed by atoms with van der Waals surface area (Å²) in [4.78, 5) is 0. The molecule has 0 radical (unpaired) electrons. The molecule has 0 aliphatic heterocycles. The van der Waals surface area contributed by atoms with E-state index in [1.165, 1.54) is 59.8 Å². The van der Waals surface area contributed by atoms with Crippen molar-refractivity contribution in [3.63, 3.8) is 0 Å². The van der Waals surface area contributed by atoms with Gasteiger partial charge in [-0.1, -0.05) is 30.9 Å². The number of aryl methyl sites for hydroxylation is 2. The van der Waals surface area contributed by atoms with Gasteiger partial charge in [0.2, 0.25) is 0 Å². The molecule has 0 bridgehead atoms. The van der Waals surface area contributed by atoms with Gasteiger partial charge in [-0.25, -0.2) is 0 Å². The van der Waals surface area contributed by atoms with E-state index in [0.717, 1.165) is 6.54 Å². The lowest BCUT2D eigenvalue weighted by Crippen LogP contribution is -2.37. The van der Waals surface area contributed by atoms with E-state index in [1.807, 2.05) is 0 Å². The van der Waals surface area contributed by atoms with Crippen molar-refractivity contribution in [3.05, 3.63) is 35.0 Å². The molecule has 108 valence electrons. The van der Waals surface area contributed by atoms with Crippen molar-refractivity contribution < 1.29 is 0 Å². The monoisotopic (exact) mass is 270 g/mol. The van der Waals surface area contributed by atoms with Gasteiger partial charge in [0, 0.05) is 35.6 Å². The Balaban J connectivity index is 2.28. The second-order valence-electron chi connectivity index (χ2n) is 6.59. The molecule has 0 saturated heterocycles. The molecule has 0 amide bonds. The highest BCUT2D eigenvalue weighted by molar-refractivity contribution is 5.87. The summed E-state index contributed by atoms with van der Waals surface area (Å²) in [7, 11) is 2.18. The van der Waals surface area contributed by atoms with Gasteiger partial charge in [0.15, 0.2) is 0 Å². The van der Waals surface area contributed by atoms with Gasteiger partial charge in [-0.2, -0.15) is 0 Å². The fourth-order valence-corrected chi connectivity index (χ4v) is 4.14. The van der Waals surface area contributed by atoms with Crippen molar-refractivity contribution in [2.45, 2.75) is 51.4 Å². The Morgan fingerprint density at radius 1 is 1.15 bits per heavy atom. The standard InChI is InChI=1S/C18H26N2/c1-13-7-8-16-15(11-13)17(14(2)20(16)3)18(12-19)9-5-4-6-10-18/h7-8,11H,4-6,9-10,12,19H2,1-3H3. The zero-order chi connectivity index (χ0) is 14.3. The molecule has 20 heavy (non-hydrogen) atoms. The van der Waals surface area contributed by atoms with E-state index in [-0.39, 0.29) is 5.41 Å². The van der Waals surface area contributed by atoms with Crippen molar-refractivity contribution in [3.8, 4) is 0 Å². The smallest absolute Gasteiger partial charge is 0.0483 e. The van der Waals surface area contributed by atoms with Crippen LogP contribution in [0, 0.1) is 13.8 Å². The third-order valence-electron chi connectivity index (χ3n) is 5.38. The summed E-state index contributed by atoms with van der Waals surface area (Å²) in [5, 5.41) is 1.43. The number of nitrogens with zero attached hydrogens (tertiary/aromatic N) is 1. The predicted octanol–water partition coefficient (Wildman–Crippen LogP) is 3.96. The van der Waals surface area contributed by atoms with Crippen LogP contribution in [0.2, 0.25) is 0 Å². The lowest BCUT2D eigenvalue weighted by atomic mass is 9.68. The lowest BCUT2D eigenvalue weighted by molar-refractivity contribution is 0.301. The molecule has 1 fully saturated rings. The summed E-state index contributed by atoms with van der Waals surface area (Å²) in [6, 6.07) is 6.82. The van der Waals surface area contributed by atoms with E-state index >= 15 is 0 Å². The van der Waals surface area contributed by atoms with Crippen LogP contribution in [0.5, 0.6) is 0 Å². The van der Waals surface area contributed by atoms with Crippen LogP contribution in [0.15, 0.2) is 18.2 Å². The zero-order valence-electron chi connectivity index (χ0n) is 13.0. The summed E-state index contributed by atoms with van der Waals surface area (Å²) in [6.45, 7) is 5.22. The third kappa shape index (κ3) is 1.89. The zero-order valence-corrected chi connectivity index (χ0v) is 13.0. The Hall–Kier alpha value is -1.28. The Morgan fingerprint density at radius 2 is 1.85 bits per heavy atom. The van der Waals surface area contributed by atoms with Crippen LogP contribution >= 0.6 is 0 Å². The summed E-state index contributed by atoms with van der Waals surface area (Å²) >= 11 is 0. The summed E-state index contributed by atoms with van der Waals surface area (Å²) in [5.74, 6) is 0. The molecule has 2 heteroatoms. The Labute approximate surface area is 122 Å². The van der Waals surface area contributed by atoms with Crippen molar-refractivity contribution in [1.29, 1.82) is 0 Å². The van der Waals surface area contributed by atoms with Crippen LogP contribution in [0.4, 0.5) is 0 Å². The SMILES string of the molecule is Cc1ccc2c(c1)c(C1(CN)CCCCC1)c(C)n2C. The minimum Gasteiger partial charge on any atom is -0.348 e. The molecule has 0 spiro atoms. The molecule has 2 aromatic rings. The number of hydrogen-bond acceptors (Lipinski definition) is 1. The van der Waals surface area contributed by atoms with E-state index < -0.39 is 0 Å². The largest absolute Gasteiger partial charge is 0.348 e. The van der Waals surface area contributed by atoms with Crippen LogP contribution < -0.4 is 5.73 Å². The maximum absolute atomic E-state index is 6.27. The Bertz CT molecular complexity index is 630. The minimum atomic E-state index is 0.204. The maximum Gasteiger partial charge on any atom is 0.0483 e. The molecular formula is C18H26N2. The van der Waals surface area contributed by atoms with E-state index in [2.05, 4.69) is 43.7 Å². The topological polar surface area (TPSA) is 30.9 Å². The van der Waals surface area contributed by atoms with Crippen LogP contribution in [0.25, 0.3) is 10.9 Å². The third-order valence-corrected chi connectivity index (χ3v) is 5.38.